The van der Waals surface area contributed by atoms with E-state index in [0.717, 1.165) is 67.0 Å². The third-order valence-electron chi connectivity index (χ3n) is 8.16. The second kappa shape index (κ2) is 10.6. The van der Waals surface area contributed by atoms with Gasteiger partial charge in [-0.25, -0.2) is 4.98 Å². The first-order chi connectivity index (χ1) is 18.4. The van der Waals surface area contributed by atoms with E-state index in [1.54, 1.807) is 28.6 Å². The fourth-order valence-corrected chi connectivity index (χ4v) is 6.09. The van der Waals surface area contributed by atoms with Gasteiger partial charge in [-0.3, -0.25) is 14.4 Å². The van der Waals surface area contributed by atoms with Crippen LogP contribution in [0.25, 0.3) is 22.1 Å². The van der Waals surface area contributed by atoms with Crippen molar-refractivity contribution in [3.8, 4) is 6.07 Å². The van der Waals surface area contributed by atoms with Gasteiger partial charge in [0.05, 0.1) is 40.5 Å². The van der Waals surface area contributed by atoms with E-state index in [4.69, 9.17) is 10.1 Å². The Hall–Kier alpha value is -3.64. The van der Waals surface area contributed by atoms with Crippen LogP contribution in [0.4, 0.5) is 5.69 Å². The van der Waals surface area contributed by atoms with E-state index >= 15 is 0 Å². The van der Waals surface area contributed by atoms with Crippen LogP contribution in [-0.4, -0.2) is 54.0 Å². The molecule has 0 aliphatic carbocycles. The van der Waals surface area contributed by atoms with Crippen LogP contribution >= 0.6 is 0 Å². The molecule has 9 nitrogen and oxygen atoms in total. The van der Waals surface area contributed by atoms with Gasteiger partial charge in [0.1, 0.15) is 17.9 Å². The monoisotopic (exact) mass is 514 g/mol. The zero-order valence-electron chi connectivity index (χ0n) is 23.1. The van der Waals surface area contributed by atoms with Gasteiger partial charge in [-0.1, -0.05) is 32.9 Å². The molecule has 1 aliphatic rings. The molecular formula is C29H38N8O. The fourth-order valence-electron chi connectivity index (χ4n) is 6.09. The maximum absolute atomic E-state index is 13.0. The van der Waals surface area contributed by atoms with Crippen molar-refractivity contribution in [3.05, 3.63) is 52.7 Å². The minimum atomic E-state index is -0.0593. The van der Waals surface area contributed by atoms with Gasteiger partial charge in [0.15, 0.2) is 0 Å². The standard InChI is InChI=1S/C29H38N8O/c1-6-14-35-24-12-10-9-11-23(24)31-29(35)20(4)36-17-22(8-3)37(18-21(36)7-2)25-16-27(38)33(5)26-19-34(15-13-30)32-28(25)26/h9-12,16,19-22H,6-8,14-15,17-18H2,1-5H3/t20?,21-,22+/m1/s1. The molecule has 3 atom stereocenters. The Kier molecular flexibility index (Phi) is 7.26. The Morgan fingerprint density at radius 2 is 1.87 bits per heavy atom. The molecule has 5 rings (SSSR count). The van der Waals surface area contributed by atoms with Crippen molar-refractivity contribution in [2.45, 2.75) is 78.2 Å². The van der Waals surface area contributed by atoms with Gasteiger partial charge in [0.2, 0.25) is 0 Å². The van der Waals surface area contributed by atoms with Crippen LogP contribution in [0.3, 0.4) is 0 Å². The first-order valence-electron chi connectivity index (χ1n) is 13.8. The Bertz CT molecular complexity index is 1540. The van der Waals surface area contributed by atoms with Gasteiger partial charge in [0, 0.05) is 44.8 Å². The number of benzene rings is 1. The normalized spacial score (nSPS) is 19.3. The van der Waals surface area contributed by atoms with E-state index in [1.165, 1.54) is 5.52 Å². The molecule has 1 unspecified atom stereocenters. The average molecular weight is 515 g/mol. The lowest BCUT2D eigenvalue weighted by Crippen LogP contribution is -2.59. The minimum absolute atomic E-state index is 0.0593. The lowest BCUT2D eigenvalue weighted by molar-refractivity contribution is 0.0952. The average Bonchev–Trinajstić information content (AvgIpc) is 3.52. The van der Waals surface area contributed by atoms with Gasteiger partial charge in [0.25, 0.3) is 5.56 Å². The second-order valence-corrected chi connectivity index (χ2v) is 10.4. The van der Waals surface area contributed by atoms with E-state index in [0.29, 0.717) is 6.04 Å². The maximum atomic E-state index is 13.0. The van der Waals surface area contributed by atoms with Crippen LogP contribution in [-0.2, 0) is 20.1 Å². The Balaban J connectivity index is 1.53. The summed E-state index contributed by atoms with van der Waals surface area (Å²) in [5.41, 5.74) is 4.60. The minimum Gasteiger partial charge on any atom is -0.364 e. The molecule has 1 aromatic carbocycles. The first kappa shape index (κ1) is 26.0. The number of rotatable bonds is 8. The van der Waals surface area contributed by atoms with Crippen LogP contribution in [0.15, 0.2) is 41.3 Å². The van der Waals surface area contributed by atoms with Crippen molar-refractivity contribution in [2.24, 2.45) is 7.05 Å². The van der Waals surface area contributed by atoms with Crippen molar-refractivity contribution in [1.29, 1.82) is 5.26 Å². The number of hydrogen-bond acceptors (Lipinski definition) is 6. The molecule has 3 aromatic heterocycles. The molecular weight excluding hydrogens is 476 g/mol. The van der Waals surface area contributed by atoms with Crippen molar-refractivity contribution < 1.29 is 0 Å². The van der Waals surface area contributed by atoms with Gasteiger partial charge in [-0.2, -0.15) is 10.4 Å². The molecule has 0 bridgehead atoms. The second-order valence-electron chi connectivity index (χ2n) is 10.4. The molecule has 1 fully saturated rings. The number of fused-ring (bicyclic) bond motifs is 2. The SMILES string of the molecule is CCCn1c(C(C)N2C[C@H](CC)N(c3cc(=O)n(C)c4cn(CC#N)nc34)C[C@H]2CC)nc2ccccc21. The van der Waals surface area contributed by atoms with Crippen LogP contribution in [0.2, 0.25) is 0 Å². The Morgan fingerprint density at radius 3 is 2.58 bits per heavy atom. The topological polar surface area (TPSA) is 87.9 Å². The highest BCUT2D eigenvalue weighted by Gasteiger charge is 2.37. The van der Waals surface area contributed by atoms with Gasteiger partial charge < -0.3 is 14.0 Å². The predicted octanol–water partition coefficient (Wildman–Crippen LogP) is 4.46. The highest BCUT2D eigenvalue weighted by atomic mass is 16.1. The third kappa shape index (κ3) is 4.37. The number of nitriles is 1. The van der Waals surface area contributed by atoms with Crippen molar-refractivity contribution >= 4 is 27.8 Å². The molecule has 1 saturated heterocycles. The van der Waals surface area contributed by atoms with Crippen molar-refractivity contribution in [1.82, 2.24) is 28.8 Å². The quantitative estimate of drug-likeness (QED) is 0.345. The molecule has 9 heteroatoms. The highest BCUT2D eigenvalue weighted by Crippen LogP contribution is 2.35. The lowest BCUT2D eigenvalue weighted by atomic mass is 9.99. The third-order valence-corrected chi connectivity index (χ3v) is 8.16. The zero-order valence-corrected chi connectivity index (χ0v) is 23.1. The number of pyridine rings is 1. The number of para-hydroxylation sites is 2. The number of aryl methyl sites for hydroxylation is 2. The highest BCUT2D eigenvalue weighted by molar-refractivity contribution is 5.88. The summed E-state index contributed by atoms with van der Waals surface area (Å²) in [6.45, 7) is 11.7. The summed E-state index contributed by atoms with van der Waals surface area (Å²) in [6, 6.07) is 13.0. The fraction of sp³-hybridized carbons (Fsp3) is 0.517. The molecule has 4 aromatic rings. The molecule has 0 N–H and O–H groups in total. The molecule has 200 valence electrons. The summed E-state index contributed by atoms with van der Waals surface area (Å²) in [5.74, 6) is 1.13. The predicted molar refractivity (Wildman–Crippen MR) is 151 cm³/mol. The zero-order chi connectivity index (χ0) is 27.0. The summed E-state index contributed by atoms with van der Waals surface area (Å²) < 4.78 is 5.64. The summed E-state index contributed by atoms with van der Waals surface area (Å²) >= 11 is 0. The molecule has 38 heavy (non-hydrogen) atoms. The summed E-state index contributed by atoms with van der Waals surface area (Å²) in [6.07, 6.45) is 4.79. The maximum Gasteiger partial charge on any atom is 0.252 e. The lowest BCUT2D eigenvalue weighted by Gasteiger charge is -2.49. The molecule has 0 spiro atoms. The molecule has 0 saturated carbocycles. The van der Waals surface area contributed by atoms with Gasteiger partial charge in [-0.05, 0) is 38.3 Å². The number of aromatic nitrogens is 5. The number of hydrogen-bond donors (Lipinski definition) is 0. The summed E-state index contributed by atoms with van der Waals surface area (Å²) in [5, 5.41) is 13.9. The van der Waals surface area contributed by atoms with Crippen molar-refractivity contribution in [2.75, 3.05) is 18.0 Å². The smallest absolute Gasteiger partial charge is 0.252 e. The van der Waals surface area contributed by atoms with Crippen LogP contribution in [0, 0.1) is 11.3 Å². The van der Waals surface area contributed by atoms with E-state index in [-0.39, 0.29) is 24.2 Å². The Morgan fingerprint density at radius 1 is 1.11 bits per heavy atom. The molecule has 4 heterocycles. The number of nitrogens with zero attached hydrogens (tertiary/aromatic N) is 8. The van der Waals surface area contributed by atoms with Crippen LogP contribution in [0.5, 0.6) is 0 Å². The summed E-state index contributed by atoms with van der Waals surface area (Å²) in [4.78, 5) is 23.1. The Labute approximate surface area is 223 Å². The number of piperazine rings is 1. The van der Waals surface area contributed by atoms with Crippen LogP contribution < -0.4 is 10.5 Å². The van der Waals surface area contributed by atoms with E-state index in [9.17, 15) is 10.1 Å². The van der Waals surface area contributed by atoms with Crippen molar-refractivity contribution in [3.63, 3.8) is 0 Å². The van der Waals surface area contributed by atoms with E-state index < -0.39 is 0 Å². The molecule has 0 amide bonds. The van der Waals surface area contributed by atoms with Crippen LogP contribution in [0.1, 0.15) is 58.8 Å². The number of anilines is 1. The van der Waals surface area contributed by atoms with E-state index in [2.05, 4.69) is 72.4 Å². The largest absolute Gasteiger partial charge is 0.364 e. The first-order valence-corrected chi connectivity index (χ1v) is 13.8. The molecule has 1 aliphatic heterocycles. The number of imidazole rings is 1. The van der Waals surface area contributed by atoms with Gasteiger partial charge in [-0.15, -0.1) is 0 Å². The molecule has 0 radical (unpaired) electrons. The summed E-state index contributed by atoms with van der Waals surface area (Å²) in [7, 11) is 1.76. The van der Waals surface area contributed by atoms with Gasteiger partial charge >= 0.3 is 0 Å². The van der Waals surface area contributed by atoms with E-state index in [1.807, 2.05) is 0 Å².